The maximum absolute atomic E-state index is 11.1. The second kappa shape index (κ2) is 5.35. The van der Waals surface area contributed by atoms with Gasteiger partial charge in [-0.15, -0.1) is 0 Å². The molecule has 0 radical (unpaired) electrons. The molecule has 1 aromatic rings. The number of methoxy groups -OCH3 is 1. The van der Waals surface area contributed by atoms with Crippen LogP contribution in [0.3, 0.4) is 0 Å². The van der Waals surface area contributed by atoms with Gasteiger partial charge in [-0.1, -0.05) is 29.3 Å². The molecule has 0 fully saturated rings. The normalized spacial score (nSPS) is 12.3. The molecule has 0 aromatic heterocycles. The molecule has 0 aliphatic carbocycles. The van der Waals surface area contributed by atoms with Crippen molar-refractivity contribution in [2.24, 2.45) is 5.73 Å². The number of rotatable bonds is 3. The first-order valence-electron chi connectivity index (χ1n) is 4.32. The van der Waals surface area contributed by atoms with E-state index in [-0.39, 0.29) is 6.42 Å². The summed E-state index contributed by atoms with van der Waals surface area (Å²) in [6.07, 6.45) is 0.269. The summed E-state index contributed by atoms with van der Waals surface area (Å²) in [5.41, 5.74) is 6.27. The largest absolute Gasteiger partial charge is 0.468 e. The number of hydrogen-bond donors (Lipinski definition) is 1. The van der Waals surface area contributed by atoms with Gasteiger partial charge in [0.25, 0.3) is 0 Å². The number of halogens is 2. The minimum atomic E-state index is -0.743. The van der Waals surface area contributed by atoms with Crippen molar-refractivity contribution in [1.82, 2.24) is 0 Å². The maximum atomic E-state index is 11.1. The molecule has 1 rings (SSSR count). The third-order valence-corrected chi connectivity index (χ3v) is 2.70. The first-order valence-corrected chi connectivity index (χ1v) is 5.08. The topological polar surface area (TPSA) is 52.3 Å². The monoisotopic (exact) mass is 247 g/mol. The minimum Gasteiger partial charge on any atom is -0.468 e. The highest BCUT2D eigenvalue weighted by molar-refractivity contribution is 6.36. The van der Waals surface area contributed by atoms with Gasteiger partial charge in [-0.3, -0.25) is 4.79 Å². The third kappa shape index (κ3) is 3.09. The molecule has 0 bridgehead atoms. The molecule has 15 heavy (non-hydrogen) atoms. The fraction of sp³-hybridized carbons (Fsp3) is 0.300. The standard InChI is InChI=1S/C10H11Cl2NO2/c1-15-10(14)9(13)5-6-7(11)3-2-4-8(6)12/h2-4,9H,5,13H2,1H3/t9-/m0/s1. The predicted octanol–water partition coefficient (Wildman–Crippen LogP) is 2.04. The summed E-state index contributed by atoms with van der Waals surface area (Å²) in [7, 11) is 1.29. The molecular weight excluding hydrogens is 237 g/mol. The molecule has 82 valence electrons. The Bertz CT molecular complexity index is 348. The van der Waals surface area contributed by atoms with Crippen molar-refractivity contribution in [2.75, 3.05) is 7.11 Å². The lowest BCUT2D eigenvalue weighted by Crippen LogP contribution is -2.33. The highest BCUT2D eigenvalue weighted by Crippen LogP contribution is 2.25. The lowest BCUT2D eigenvalue weighted by atomic mass is 10.1. The van der Waals surface area contributed by atoms with Crippen LogP contribution in [0.2, 0.25) is 10.0 Å². The van der Waals surface area contributed by atoms with Crippen molar-refractivity contribution in [1.29, 1.82) is 0 Å². The van der Waals surface area contributed by atoms with Crippen LogP contribution in [0.15, 0.2) is 18.2 Å². The molecule has 0 aliphatic heterocycles. The number of ether oxygens (including phenoxy) is 1. The van der Waals surface area contributed by atoms with Crippen LogP contribution >= 0.6 is 23.2 Å². The molecule has 2 N–H and O–H groups in total. The molecule has 0 aliphatic rings. The zero-order valence-corrected chi connectivity index (χ0v) is 9.68. The second-order valence-electron chi connectivity index (χ2n) is 3.03. The summed E-state index contributed by atoms with van der Waals surface area (Å²) < 4.78 is 4.51. The molecule has 1 aromatic carbocycles. The molecule has 0 unspecified atom stereocenters. The number of benzene rings is 1. The van der Waals surface area contributed by atoms with Crippen molar-refractivity contribution in [3.63, 3.8) is 0 Å². The molecule has 5 heteroatoms. The van der Waals surface area contributed by atoms with E-state index < -0.39 is 12.0 Å². The van der Waals surface area contributed by atoms with Crippen molar-refractivity contribution in [3.05, 3.63) is 33.8 Å². The van der Waals surface area contributed by atoms with Gasteiger partial charge in [0.2, 0.25) is 0 Å². The van der Waals surface area contributed by atoms with Crippen LogP contribution in [0.5, 0.6) is 0 Å². The van der Waals surface area contributed by atoms with E-state index >= 15 is 0 Å². The van der Waals surface area contributed by atoms with Crippen molar-refractivity contribution < 1.29 is 9.53 Å². The molecule has 0 heterocycles. The first-order chi connectivity index (χ1) is 7.06. The van der Waals surface area contributed by atoms with Crippen LogP contribution in [-0.2, 0) is 16.0 Å². The van der Waals surface area contributed by atoms with Gasteiger partial charge >= 0.3 is 5.97 Å². The van der Waals surface area contributed by atoms with Crippen LogP contribution in [-0.4, -0.2) is 19.1 Å². The van der Waals surface area contributed by atoms with Gasteiger partial charge in [-0.25, -0.2) is 0 Å². The molecule has 0 saturated heterocycles. The summed E-state index contributed by atoms with van der Waals surface area (Å²) in [5.74, 6) is -0.481. The Morgan fingerprint density at radius 3 is 2.47 bits per heavy atom. The van der Waals surface area contributed by atoms with Gasteiger partial charge in [0, 0.05) is 16.5 Å². The first kappa shape index (κ1) is 12.3. The maximum Gasteiger partial charge on any atom is 0.322 e. The van der Waals surface area contributed by atoms with E-state index in [9.17, 15) is 4.79 Å². The van der Waals surface area contributed by atoms with Gasteiger partial charge in [0.05, 0.1) is 7.11 Å². The van der Waals surface area contributed by atoms with E-state index in [0.29, 0.717) is 15.6 Å². The van der Waals surface area contributed by atoms with E-state index in [0.717, 1.165) is 0 Å². The highest BCUT2D eigenvalue weighted by atomic mass is 35.5. The molecule has 1 atom stereocenters. The van der Waals surface area contributed by atoms with E-state index in [1.54, 1.807) is 18.2 Å². The van der Waals surface area contributed by atoms with Crippen LogP contribution in [0.25, 0.3) is 0 Å². The zero-order valence-electron chi connectivity index (χ0n) is 8.17. The number of esters is 1. The summed E-state index contributed by atoms with van der Waals surface area (Å²) in [5, 5.41) is 1.00. The van der Waals surface area contributed by atoms with Gasteiger partial charge in [-0.05, 0) is 17.7 Å². The van der Waals surface area contributed by atoms with Crippen molar-refractivity contribution in [3.8, 4) is 0 Å². The van der Waals surface area contributed by atoms with Gasteiger partial charge in [0.1, 0.15) is 6.04 Å². The van der Waals surface area contributed by atoms with Crippen LogP contribution in [0.1, 0.15) is 5.56 Å². The van der Waals surface area contributed by atoms with E-state index in [1.165, 1.54) is 7.11 Å². The number of nitrogens with two attached hydrogens (primary N) is 1. The lowest BCUT2D eigenvalue weighted by Gasteiger charge is -2.11. The lowest BCUT2D eigenvalue weighted by molar-refractivity contribution is -0.142. The van der Waals surface area contributed by atoms with Crippen molar-refractivity contribution in [2.45, 2.75) is 12.5 Å². The van der Waals surface area contributed by atoms with Crippen LogP contribution in [0, 0.1) is 0 Å². The fourth-order valence-corrected chi connectivity index (χ4v) is 1.73. The predicted molar refractivity (Wildman–Crippen MR) is 60.2 cm³/mol. The molecule has 0 amide bonds. The number of carbonyl (C=O) groups excluding carboxylic acids is 1. The molecular formula is C10H11Cl2NO2. The zero-order chi connectivity index (χ0) is 11.4. The second-order valence-corrected chi connectivity index (χ2v) is 3.85. The van der Waals surface area contributed by atoms with Crippen LogP contribution < -0.4 is 5.73 Å². The Morgan fingerprint density at radius 1 is 1.47 bits per heavy atom. The highest BCUT2D eigenvalue weighted by Gasteiger charge is 2.17. The summed E-state index contributed by atoms with van der Waals surface area (Å²) in [6, 6.07) is 4.39. The Labute approximate surface area is 98.1 Å². The van der Waals surface area contributed by atoms with Gasteiger partial charge < -0.3 is 10.5 Å². The Morgan fingerprint density at radius 2 is 2.00 bits per heavy atom. The fourth-order valence-electron chi connectivity index (χ4n) is 1.18. The Kier molecular flexibility index (Phi) is 4.39. The van der Waals surface area contributed by atoms with Crippen molar-refractivity contribution >= 4 is 29.2 Å². The van der Waals surface area contributed by atoms with Gasteiger partial charge in [-0.2, -0.15) is 0 Å². The molecule has 0 spiro atoms. The van der Waals surface area contributed by atoms with E-state index in [1.807, 2.05) is 0 Å². The summed E-state index contributed by atoms with van der Waals surface area (Å²) >= 11 is 11.9. The Hall–Kier alpha value is -0.770. The SMILES string of the molecule is COC(=O)[C@@H](N)Cc1c(Cl)cccc1Cl. The summed E-state index contributed by atoms with van der Waals surface area (Å²) in [4.78, 5) is 11.1. The van der Waals surface area contributed by atoms with E-state index in [4.69, 9.17) is 28.9 Å². The molecule has 3 nitrogen and oxygen atoms in total. The average Bonchev–Trinajstić information content (AvgIpc) is 2.22. The number of carbonyl (C=O) groups is 1. The number of hydrogen-bond acceptors (Lipinski definition) is 3. The Balaban J connectivity index is 2.85. The van der Waals surface area contributed by atoms with Crippen LogP contribution in [0.4, 0.5) is 0 Å². The smallest absolute Gasteiger partial charge is 0.322 e. The minimum absolute atomic E-state index is 0.269. The quantitative estimate of drug-likeness (QED) is 0.832. The third-order valence-electron chi connectivity index (χ3n) is 1.99. The van der Waals surface area contributed by atoms with Gasteiger partial charge in [0.15, 0.2) is 0 Å². The molecule has 0 saturated carbocycles. The average molecular weight is 248 g/mol. The summed E-state index contributed by atoms with van der Waals surface area (Å²) in [6.45, 7) is 0. The van der Waals surface area contributed by atoms with E-state index in [2.05, 4.69) is 4.74 Å².